The Labute approximate surface area is 107 Å². The van der Waals surface area contributed by atoms with Gasteiger partial charge in [-0.15, -0.1) is 0 Å². The van der Waals surface area contributed by atoms with Crippen molar-refractivity contribution in [1.29, 1.82) is 0 Å². The monoisotopic (exact) mass is 275 g/mol. The number of carbonyl (C=O) groups excluding carboxylic acids is 1. The average Bonchev–Trinajstić information content (AvgIpc) is 2.28. The number of rotatable bonds is 2. The highest BCUT2D eigenvalue weighted by molar-refractivity contribution is 5.99. The lowest BCUT2D eigenvalue weighted by Crippen LogP contribution is -2.13. The molecule has 1 aromatic carbocycles. The summed E-state index contributed by atoms with van der Waals surface area (Å²) in [6.45, 7) is 2.75. The van der Waals surface area contributed by atoms with Crippen molar-refractivity contribution in [2.45, 2.75) is 20.0 Å². The summed E-state index contributed by atoms with van der Waals surface area (Å²) in [6, 6.07) is 1.59. The van der Waals surface area contributed by atoms with E-state index in [1.165, 1.54) is 13.8 Å². The molecule has 0 bridgehead atoms. The van der Waals surface area contributed by atoms with Gasteiger partial charge >= 0.3 is 6.18 Å². The summed E-state index contributed by atoms with van der Waals surface area (Å²) in [7, 11) is 0. The van der Waals surface area contributed by atoms with Crippen molar-refractivity contribution in [3.8, 4) is 11.5 Å². The van der Waals surface area contributed by atoms with Gasteiger partial charge in [0.2, 0.25) is 5.91 Å². The molecule has 104 valence electrons. The minimum atomic E-state index is -4.82. The SMILES string of the molecule is CC(C(N)=O)=C(C)c1cc(O)c(O)c(C(F)(F)F)c1. The van der Waals surface area contributed by atoms with Crippen LogP contribution in [-0.4, -0.2) is 16.1 Å². The number of benzene rings is 1. The van der Waals surface area contributed by atoms with Gasteiger partial charge in [-0.05, 0) is 37.1 Å². The number of hydrogen-bond donors (Lipinski definition) is 3. The van der Waals surface area contributed by atoms with E-state index in [0.29, 0.717) is 6.07 Å². The quantitative estimate of drug-likeness (QED) is 0.572. The summed E-state index contributed by atoms with van der Waals surface area (Å²) in [6.07, 6.45) is -4.82. The summed E-state index contributed by atoms with van der Waals surface area (Å²) >= 11 is 0. The molecule has 0 saturated carbocycles. The van der Waals surface area contributed by atoms with Crippen LogP contribution in [0.2, 0.25) is 0 Å². The van der Waals surface area contributed by atoms with Crippen LogP contribution in [0.5, 0.6) is 11.5 Å². The van der Waals surface area contributed by atoms with Gasteiger partial charge in [0.25, 0.3) is 0 Å². The van der Waals surface area contributed by atoms with Gasteiger partial charge in [0.15, 0.2) is 11.5 Å². The van der Waals surface area contributed by atoms with Crippen LogP contribution in [0.3, 0.4) is 0 Å². The maximum atomic E-state index is 12.7. The zero-order valence-electron chi connectivity index (χ0n) is 10.2. The number of amides is 1. The highest BCUT2D eigenvalue weighted by Gasteiger charge is 2.35. The van der Waals surface area contributed by atoms with E-state index < -0.39 is 29.1 Å². The van der Waals surface area contributed by atoms with E-state index in [2.05, 4.69) is 0 Å². The molecule has 0 radical (unpaired) electrons. The number of carbonyl (C=O) groups is 1. The van der Waals surface area contributed by atoms with Gasteiger partial charge in [-0.3, -0.25) is 4.79 Å². The second-order valence-electron chi connectivity index (χ2n) is 4.00. The molecule has 0 fully saturated rings. The molecule has 4 nitrogen and oxygen atoms in total. The molecule has 7 heteroatoms. The van der Waals surface area contributed by atoms with Crippen LogP contribution < -0.4 is 5.73 Å². The predicted octanol–water partition coefficient (Wildman–Crippen LogP) is 2.40. The fraction of sp³-hybridized carbons (Fsp3) is 0.250. The number of halogens is 3. The van der Waals surface area contributed by atoms with E-state index in [4.69, 9.17) is 5.73 Å². The Kier molecular flexibility index (Phi) is 3.78. The number of allylic oxidation sites excluding steroid dienone is 1. The normalized spacial score (nSPS) is 13.1. The zero-order chi connectivity index (χ0) is 15.0. The largest absolute Gasteiger partial charge is 0.504 e. The Balaban J connectivity index is 3.54. The van der Waals surface area contributed by atoms with E-state index in [1.807, 2.05) is 0 Å². The van der Waals surface area contributed by atoms with E-state index in [-0.39, 0.29) is 16.7 Å². The molecule has 0 aliphatic rings. The van der Waals surface area contributed by atoms with Crippen molar-refractivity contribution in [1.82, 2.24) is 0 Å². The van der Waals surface area contributed by atoms with Crippen LogP contribution in [0.25, 0.3) is 5.57 Å². The first-order valence-electron chi connectivity index (χ1n) is 5.16. The van der Waals surface area contributed by atoms with Gasteiger partial charge in [0.1, 0.15) is 5.56 Å². The van der Waals surface area contributed by atoms with Gasteiger partial charge in [0, 0.05) is 5.57 Å². The molecule has 0 atom stereocenters. The van der Waals surface area contributed by atoms with E-state index in [0.717, 1.165) is 6.07 Å². The van der Waals surface area contributed by atoms with Crippen LogP contribution >= 0.6 is 0 Å². The molecular formula is C12H12F3NO3. The third-order valence-corrected chi connectivity index (χ3v) is 2.76. The lowest BCUT2D eigenvalue weighted by molar-refractivity contribution is -0.138. The number of primary amides is 1. The first kappa shape index (κ1) is 14.9. The predicted molar refractivity (Wildman–Crippen MR) is 62.2 cm³/mol. The van der Waals surface area contributed by atoms with Gasteiger partial charge in [-0.1, -0.05) is 0 Å². The summed E-state index contributed by atoms with van der Waals surface area (Å²) < 4.78 is 38.0. The van der Waals surface area contributed by atoms with Crippen LogP contribution in [0.4, 0.5) is 13.2 Å². The molecule has 0 aliphatic carbocycles. The van der Waals surface area contributed by atoms with Crippen molar-refractivity contribution in [3.05, 3.63) is 28.8 Å². The number of nitrogens with two attached hydrogens (primary N) is 1. The minimum absolute atomic E-state index is 0.0427. The Morgan fingerprint density at radius 1 is 1.21 bits per heavy atom. The Morgan fingerprint density at radius 2 is 1.74 bits per heavy atom. The van der Waals surface area contributed by atoms with Gasteiger partial charge in [-0.25, -0.2) is 0 Å². The lowest BCUT2D eigenvalue weighted by Gasteiger charge is -2.13. The smallest absolute Gasteiger partial charge is 0.420 e. The Hall–Kier alpha value is -2.18. The number of aromatic hydroxyl groups is 2. The molecule has 1 aromatic rings. The van der Waals surface area contributed by atoms with Gasteiger partial charge < -0.3 is 15.9 Å². The van der Waals surface area contributed by atoms with Crippen molar-refractivity contribution in [2.24, 2.45) is 5.73 Å². The Bertz CT molecular complexity index is 562. The third kappa shape index (κ3) is 2.98. The van der Waals surface area contributed by atoms with Crippen LogP contribution in [0.1, 0.15) is 25.0 Å². The third-order valence-electron chi connectivity index (χ3n) is 2.76. The number of hydrogen-bond acceptors (Lipinski definition) is 3. The molecule has 0 unspecified atom stereocenters. The minimum Gasteiger partial charge on any atom is -0.504 e. The standard InChI is InChI=1S/C12H12F3NO3/c1-5(6(2)11(16)19)7-3-8(12(13,14)15)10(18)9(17)4-7/h3-4,17-18H,1-2H3,(H2,16,19). The van der Waals surface area contributed by atoms with Crippen molar-refractivity contribution in [2.75, 3.05) is 0 Å². The van der Waals surface area contributed by atoms with Gasteiger partial charge in [0.05, 0.1) is 0 Å². The highest BCUT2D eigenvalue weighted by atomic mass is 19.4. The maximum absolute atomic E-state index is 12.7. The first-order chi connectivity index (χ1) is 8.55. The fourth-order valence-corrected chi connectivity index (χ4v) is 1.45. The molecule has 0 aliphatic heterocycles. The van der Waals surface area contributed by atoms with Crippen LogP contribution in [-0.2, 0) is 11.0 Å². The maximum Gasteiger partial charge on any atom is 0.420 e. The summed E-state index contributed by atoms with van der Waals surface area (Å²) in [5.41, 5.74) is 3.87. The molecule has 1 amide bonds. The highest BCUT2D eigenvalue weighted by Crippen LogP contribution is 2.42. The number of phenolic OH excluding ortho intramolecular Hbond substituents is 2. The molecule has 1 rings (SSSR count). The number of alkyl halides is 3. The van der Waals surface area contributed by atoms with Crippen LogP contribution in [0, 0.1) is 0 Å². The molecule has 0 spiro atoms. The molecule has 0 heterocycles. The van der Waals surface area contributed by atoms with Crippen molar-refractivity contribution < 1.29 is 28.2 Å². The van der Waals surface area contributed by atoms with Crippen molar-refractivity contribution in [3.63, 3.8) is 0 Å². The molecule has 0 saturated heterocycles. The zero-order valence-corrected chi connectivity index (χ0v) is 10.2. The second-order valence-corrected chi connectivity index (χ2v) is 4.00. The van der Waals surface area contributed by atoms with E-state index in [1.54, 1.807) is 0 Å². The topological polar surface area (TPSA) is 83.6 Å². The second kappa shape index (κ2) is 4.83. The average molecular weight is 275 g/mol. The van der Waals surface area contributed by atoms with Gasteiger partial charge in [-0.2, -0.15) is 13.2 Å². The summed E-state index contributed by atoms with van der Waals surface area (Å²) in [5, 5.41) is 18.5. The number of phenols is 2. The first-order valence-corrected chi connectivity index (χ1v) is 5.16. The molecule has 0 aromatic heterocycles. The Morgan fingerprint density at radius 3 is 2.16 bits per heavy atom. The lowest BCUT2D eigenvalue weighted by atomic mass is 9.98. The summed E-state index contributed by atoms with van der Waals surface area (Å²) in [4.78, 5) is 11.0. The molecule has 4 N–H and O–H groups in total. The molecule has 19 heavy (non-hydrogen) atoms. The summed E-state index contributed by atoms with van der Waals surface area (Å²) in [5.74, 6) is -2.94. The van der Waals surface area contributed by atoms with Crippen LogP contribution in [0.15, 0.2) is 17.7 Å². The van der Waals surface area contributed by atoms with E-state index >= 15 is 0 Å². The molecular weight excluding hydrogens is 263 g/mol. The van der Waals surface area contributed by atoms with E-state index in [9.17, 15) is 28.2 Å². The fourth-order valence-electron chi connectivity index (χ4n) is 1.45. The van der Waals surface area contributed by atoms with Crippen molar-refractivity contribution >= 4 is 11.5 Å².